The van der Waals surface area contributed by atoms with Crippen LogP contribution in [0.25, 0.3) is 0 Å². The van der Waals surface area contributed by atoms with Crippen molar-refractivity contribution in [1.82, 2.24) is 0 Å². The molecule has 0 bridgehead atoms. The summed E-state index contributed by atoms with van der Waals surface area (Å²) >= 11 is 0. The summed E-state index contributed by atoms with van der Waals surface area (Å²) in [7, 11) is -7.06. The monoisotopic (exact) mass is 276 g/mol. The Balaban J connectivity index is 2.19. The second kappa shape index (κ2) is 3.97. The van der Waals surface area contributed by atoms with E-state index in [1.54, 1.807) is 0 Å². The van der Waals surface area contributed by atoms with Gasteiger partial charge in [-0.05, 0) is 37.1 Å². The van der Waals surface area contributed by atoms with Crippen molar-refractivity contribution in [3.8, 4) is 0 Å². The highest BCUT2D eigenvalue weighted by atomic mass is 32.2. The van der Waals surface area contributed by atoms with Gasteiger partial charge in [0.1, 0.15) is 0 Å². The molecule has 3 N–H and O–H groups in total. The van der Waals surface area contributed by atoms with E-state index in [-0.39, 0.29) is 10.1 Å². The number of anilines is 1. The molecule has 0 amide bonds. The lowest BCUT2D eigenvalue weighted by Crippen LogP contribution is -2.17. The molecule has 1 aromatic carbocycles. The maximum absolute atomic E-state index is 11.6. The van der Waals surface area contributed by atoms with E-state index < -0.39 is 20.0 Å². The average molecular weight is 276 g/mol. The first kappa shape index (κ1) is 12.3. The minimum absolute atomic E-state index is 0.0492. The fourth-order valence-electron chi connectivity index (χ4n) is 1.34. The molecule has 0 radical (unpaired) electrons. The van der Waals surface area contributed by atoms with Crippen LogP contribution in [0.2, 0.25) is 0 Å². The van der Waals surface area contributed by atoms with E-state index in [1.165, 1.54) is 24.3 Å². The van der Waals surface area contributed by atoms with Gasteiger partial charge in [0.15, 0.2) is 0 Å². The van der Waals surface area contributed by atoms with Crippen molar-refractivity contribution in [3.05, 3.63) is 24.3 Å². The topological polar surface area (TPSA) is 106 Å². The highest BCUT2D eigenvalue weighted by Gasteiger charge is 2.35. The lowest BCUT2D eigenvalue weighted by atomic mass is 10.3. The van der Waals surface area contributed by atoms with Gasteiger partial charge >= 0.3 is 0 Å². The predicted molar refractivity (Wildman–Crippen MR) is 63.4 cm³/mol. The van der Waals surface area contributed by atoms with E-state index in [4.69, 9.17) is 5.14 Å². The highest BCUT2D eigenvalue weighted by molar-refractivity contribution is 7.93. The fraction of sp³-hybridized carbons (Fsp3) is 0.333. The second-order valence-corrected chi connectivity index (χ2v) is 7.44. The molecule has 0 unspecified atom stereocenters. The van der Waals surface area contributed by atoms with Crippen molar-refractivity contribution >= 4 is 25.7 Å². The number of hydrogen-bond donors (Lipinski definition) is 2. The second-order valence-electron chi connectivity index (χ2n) is 3.92. The number of nitrogens with one attached hydrogen (secondary N) is 1. The predicted octanol–water partition coefficient (Wildman–Crippen LogP) is 0.238. The summed E-state index contributed by atoms with van der Waals surface area (Å²) in [4.78, 5) is -0.0492. The minimum atomic E-state index is -3.74. The molecular formula is C9H12N2O4S2. The SMILES string of the molecule is NS(=O)(=O)c1ccc(NS(=O)(=O)C2CC2)cc1. The summed E-state index contributed by atoms with van der Waals surface area (Å²) < 4.78 is 47.5. The molecule has 0 heterocycles. The van der Waals surface area contributed by atoms with Crippen LogP contribution in [0.1, 0.15) is 12.8 Å². The van der Waals surface area contributed by atoms with E-state index in [0.29, 0.717) is 18.5 Å². The van der Waals surface area contributed by atoms with Crippen molar-refractivity contribution < 1.29 is 16.8 Å². The molecule has 8 heteroatoms. The van der Waals surface area contributed by atoms with Crippen LogP contribution < -0.4 is 9.86 Å². The number of benzene rings is 1. The van der Waals surface area contributed by atoms with Crippen LogP contribution in [0.15, 0.2) is 29.2 Å². The number of primary sulfonamides is 1. The zero-order valence-electron chi connectivity index (χ0n) is 8.83. The van der Waals surface area contributed by atoms with Gasteiger partial charge in [0.25, 0.3) is 0 Å². The third-order valence-electron chi connectivity index (χ3n) is 2.41. The van der Waals surface area contributed by atoms with Gasteiger partial charge in [-0.3, -0.25) is 4.72 Å². The van der Waals surface area contributed by atoms with Gasteiger partial charge in [-0.15, -0.1) is 0 Å². The molecule has 2 rings (SSSR count). The molecule has 0 spiro atoms. The molecule has 0 aromatic heterocycles. The quantitative estimate of drug-likeness (QED) is 0.821. The van der Waals surface area contributed by atoms with Gasteiger partial charge < -0.3 is 0 Å². The van der Waals surface area contributed by atoms with E-state index in [2.05, 4.69) is 4.72 Å². The molecule has 6 nitrogen and oxygen atoms in total. The molecular weight excluding hydrogens is 264 g/mol. The van der Waals surface area contributed by atoms with Gasteiger partial charge in [-0.2, -0.15) is 0 Å². The first-order valence-corrected chi connectivity index (χ1v) is 8.03. The molecule has 1 aromatic rings. The van der Waals surface area contributed by atoms with Crippen molar-refractivity contribution in [2.24, 2.45) is 5.14 Å². The van der Waals surface area contributed by atoms with E-state index in [1.807, 2.05) is 0 Å². The van der Waals surface area contributed by atoms with Crippen LogP contribution >= 0.6 is 0 Å². The lowest BCUT2D eigenvalue weighted by Gasteiger charge is -2.07. The largest absolute Gasteiger partial charge is 0.283 e. The normalized spacial score (nSPS) is 16.8. The number of nitrogens with two attached hydrogens (primary N) is 1. The maximum Gasteiger partial charge on any atom is 0.238 e. The van der Waals surface area contributed by atoms with Gasteiger partial charge in [-0.25, -0.2) is 22.0 Å². The Morgan fingerprint density at radius 3 is 2.00 bits per heavy atom. The Labute approximate surface area is 99.9 Å². The molecule has 0 aliphatic heterocycles. The van der Waals surface area contributed by atoms with E-state index in [0.717, 1.165) is 0 Å². The Morgan fingerprint density at radius 1 is 1.06 bits per heavy atom. The molecule has 17 heavy (non-hydrogen) atoms. The first-order valence-electron chi connectivity index (χ1n) is 4.93. The van der Waals surface area contributed by atoms with Gasteiger partial charge in [0, 0.05) is 5.69 Å². The number of hydrogen-bond acceptors (Lipinski definition) is 4. The maximum atomic E-state index is 11.6. The molecule has 1 saturated carbocycles. The van der Waals surface area contributed by atoms with Crippen LogP contribution in [0, 0.1) is 0 Å². The Morgan fingerprint density at radius 2 is 1.59 bits per heavy atom. The van der Waals surface area contributed by atoms with Crippen molar-refractivity contribution in [3.63, 3.8) is 0 Å². The molecule has 1 aliphatic carbocycles. The summed E-state index contributed by atoms with van der Waals surface area (Å²) in [5, 5.41) is 4.61. The van der Waals surface area contributed by atoms with Gasteiger partial charge in [-0.1, -0.05) is 0 Å². The Hall–Kier alpha value is -1.12. The average Bonchev–Trinajstić information content (AvgIpc) is 2.99. The van der Waals surface area contributed by atoms with Crippen molar-refractivity contribution in [1.29, 1.82) is 0 Å². The van der Waals surface area contributed by atoms with E-state index in [9.17, 15) is 16.8 Å². The lowest BCUT2D eigenvalue weighted by molar-refractivity contribution is 0.597. The molecule has 1 aliphatic rings. The molecule has 0 saturated heterocycles. The summed E-state index contributed by atoms with van der Waals surface area (Å²) in [5.74, 6) is 0. The standard InChI is InChI=1S/C9H12N2O4S2/c10-16(12,13)8-3-1-7(2-4-8)11-17(14,15)9-5-6-9/h1-4,9,11H,5-6H2,(H2,10,12,13). The minimum Gasteiger partial charge on any atom is -0.283 e. The van der Waals surface area contributed by atoms with Crippen LogP contribution in [0.5, 0.6) is 0 Å². The molecule has 1 fully saturated rings. The Kier molecular flexibility index (Phi) is 2.88. The summed E-state index contributed by atoms with van der Waals surface area (Å²) in [6.45, 7) is 0. The van der Waals surface area contributed by atoms with Crippen molar-refractivity contribution in [2.75, 3.05) is 4.72 Å². The Bertz CT molecular complexity index is 615. The summed E-state index contributed by atoms with van der Waals surface area (Å²) in [6.07, 6.45) is 1.34. The summed E-state index contributed by atoms with van der Waals surface area (Å²) in [5.41, 5.74) is 0.337. The zero-order chi connectivity index (χ0) is 12.7. The smallest absolute Gasteiger partial charge is 0.238 e. The van der Waals surface area contributed by atoms with Crippen LogP contribution in [-0.4, -0.2) is 22.1 Å². The van der Waals surface area contributed by atoms with Gasteiger partial charge in [0.2, 0.25) is 20.0 Å². The molecule has 0 atom stereocenters. The third kappa shape index (κ3) is 2.96. The zero-order valence-corrected chi connectivity index (χ0v) is 10.5. The number of rotatable bonds is 4. The van der Waals surface area contributed by atoms with Gasteiger partial charge in [0.05, 0.1) is 10.1 Å². The fourth-order valence-corrected chi connectivity index (χ4v) is 3.24. The highest BCUT2D eigenvalue weighted by Crippen LogP contribution is 2.29. The van der Waals surface area contributed by atoms with E-state index >= 15 is 0 Å². The van der Waals surface area contributed by atoms with Crippen LogP contribution in [0.3, 0.4) is 0 Å². The first-order chi connectivity index (χ1) is 7.79. The van der Waals surface area contributed by atoms with Crippen LogP contribution in [0.4, 0.5) is 5.69 Å². The third-order valence-corrected chi connectivity index (χ3v) is 5.20. The number of sulfonamides is 2. The molecule has 94 valence electrons. The van der Waals surface area contributed by atoms with Crippen molar-refractivity contribution in [2.45, 2.75) is 23.0 Å². The van der Waals surface area contributed by atoms with Crippen LogP contribution in [-0.2, 0) is 20.0 Å². The summed E-state index contributed by atoms with van der Waals surface area (Å²) in [6, 6.07) is 5.28.